The minimum Gasteiger partial charge on any atom is -0.497 e. The van der Waals surface area contributed by atoms with E-state index in [1.807, 2.05) is 0 Å². The van der Waals surface area contributed by atoms with E-state index in [1.165, 1.54) is 44.7 Å². The highest BCUT2D eigenvalue weighted by atomic mass is 19.1. The summed E-state index contributed by atoms with van der Waals surface area (Å²) in [7, 11) is 2.93. The molecule has 174 valence electrons. The molecule has 9 nitrogen and oxygen atoms in total. The first-order valence-corrected chi connectivity index (χ1v) is 9.84. The third-order valence-corrected chi connectivity index (χ3v) is 4.40. The van der Waals surface area contributed by atoms with Gasteiger partial charge >= 0.3 is 17.8 Å². The number of carbonyl (C=O) groups is 3. The number of anilines is 1. The van der Waals surface area contributed by atoms with Gasteiger partial charge in [-0.3, -0.25) is 9.59 Å². The van der Waals surface area contributed by atoms with Crippen LogP contribution in [0.2, 0.25) is 0 Å². The van der Waals surface area contributed by atoms with Gasteiger partial charge in [-0.05, 0) is 72.3 Å². The summed E-state index contributed by atoms with van der Waals surface area (Å²) >= 11 is 0. The Morgan fingerprint density at radius 2 is 1.56 bits per heavy atom. The van der Waals surface area contributed by atoms with Crippen LogP contribution in [0.5, 0.6) is 17.2 Å². The largest absolute Gasteiger partial charge is 0.497 e. The van der Waals surface area contributed by atoms with E-state index in [2.05, 4.69) is 15.8 Å². The molecule has 0 radical (unpaired) electrons. The zero-order valence-electron chi connectivity index (χ0n) is 18.2. The summed E-state index contributed by atoms with van der Waals surface area (Å²) in [4.78, 5) is 36.1. The van der Waals surface area contributed by atoms with Crippen molar-refractivity contribution in [2.75, 3.05) is 19.5 Å². The Bertz CT molecular complexity index is 1210. The average Bonchev–Trinajstić information content (AvgIpc) is 2.86. The fraction of sp³-hybridized carbons (Fsp3) is 0.0833. The molecule has 0 heterocycles. The standard InChI is InChI=1S/C24H20FN3O6/c1-32-19-10-4-16(5-11-19)24(31)34-20-12-3-15(13-21(20)33-2)14-26-28-23(30)22(29)27-18-8-6-17(25)7-9-18/h3-14H,1-2H3,(H,27,29)(H,28,30). The highest BCUT2D eigenvalue weighted by molar-refractivity contribution is 6.39. The molecule has 0 aromatic heterocycles. The topological polar surface area (TPSA) is 115 Å². The van der Waals surface area contributed by atoms with Crippen LogP contribution in [0.4, 0.5) is 10.1 Å². The molecule has 0 saturated carbocycles. The number of ether oxygens (including phenoxy) is 3. The molecule has 0 spiro atoms. The minimum atomic E-state index is -1.02. The molecule has 0 aliphatic carbocycles. The zero-order valence-corrected chi connectivity index (χ0v) is 18.2. The van der Waals surface area contributed by atoms with Gasteiger partial charge in [-0.15, -0.1) is 0 Å². The minimum absolute atomic E-state index is 0.183. The summed E-state index contributed by atoms with van der Waals surface area (Å²) in [6, 6.07) is 16.0. The first-order chi connectivity index (χ1) is 16.4. The number of nitrogens with one attached hydrogen (secondary N) is 2. The number of methoxy groups -OCH3 is 2. The summed E-state index contributed by atoms with van der Waals surface area (Å²) in [6.07, 6.45) is 1.28. The Kier molecular flexibility index (Phi) is 7.90. The zero-order chi connectivity index (χ0) is 24.5. The van der Waals surface area contributed by atoms with Gasteiger partial charge in [0.1, 0.15) is 11.6 Å². The lowest BCUT2D eigenvalue weighted by molar-refractivity contribution is -0.136. The fourth-order valence-electron chi connectivity index (χ4n) is 2.67. The Morgan fingerprint density at radius 1 is 0.853 bits per heavy atom. The second-order valence-electron chi connectivity index (χ2n) is 6.69. The van der Waals surface area contributed by atoms with Crippen molar-refractivity contribution in [3.8, 4) is 17.2 Å². The van der Waals surface area contributed by atoms with Crippen LogP contribution in [0.25, 0.3) is 0 Å². The Balaban J connectivity index is 1.59. The van der Waals surface area contributed by atoms with Gasteiger partial charge in [-0.25, -0.2) is 14.6 Å². The van der Waals surface area contributed by atoms with Gasteiger partial charge in [0.15, 0.2) is 11.5 Å². The Labute approximate surface area is 194 Å². The molecule has 3 aromatic carbocycles. The van der Waals surface area contributed by atoms with Crippen molar-refractivity contribution in [1.82, 2.24) is 5.43 Å². The number of hydrazone groups is 1. The van der Waals surface area contributed by atoms with Gasteiger partial charge in [0.25, 0.3) is 0 Å². The van der Waals surface area contributed by atoms with E-state index in [4.69, 9.17) is 14.2 Å². The van der Waals surface area contributed by atoms with Gasteiger partial charge in [0.05, 0.1) is 26.0 Å². The van der Waals surface area contributed by atoms with Crippen molar-refractivity contribution in [2.24, 2.45) is 5.10 Å². The molecule has 10 heteroatoms. The quantitative estimate of drug-likeness (QED) is 0.182. The second-order valence-corrected chi connectivity index (χ2v) is 6.69. The first kappa shape index (κ1) is 23.9. The van der Waals surface area contributed by atoms with E-state index in [0.717, 1.165) is 12.1 Å². The van der Waals surface area contributed by atoms with E-state index in [9.17, 15) is 18.8 Å². The van der Waals surface area contributed by atoms with Gasteiger partial charge < -0.3 is 19.5 Å². The summed E-state index contributed by atoms with van der Waals surface area (Å²) in [5.74, 6) is -1.99. The molecule has 0 fully saturated rings. The summed E-state index contributed by atoms with van der Waals surface area (Å²) < 4.78 is 28.6. The molecular weight excluding hydrogens is 445 g/mol. The predicted molar refractivity (Wildman–Crippen MR) is 122 cm³/mol. The Morgan fingerprint density at radius 3 is 2.21 bits per heavy atom. The molecule has 0 atom stereocenters. The number of amides is 2. The second kappa shape index (κ2) is 11.2. The van der Waals surface area contributed by atoms with Crippen LogP contribution >= 0.6 is 0 Å². The molecular formula is C24H20FN3O6. The van der Waals surface area contributed by atoms with Crippen LogP contribution in [-0.4, -0.2) is 38.2 Å². The smallest absolute Gasteiger partial charge is 0.343 e. The average molecular weight is 465 g/mol. The molecule has 3 aromatic rings. The van der Waals surface area contributed by atoms with E-state index in [-0.39, 0.29) is 17.2 Å². The highest BCUT2D eigenvalue weighted by Gasteiger charge is 2.14. The molecule has 2 amide bonds. The van der Waals surface area contributed by atoms with Gasteiger partial charge in [-0.1, -0.05) is 0 Å². The van der Waals surface area contributed by atoms with Crippen molar-refractivity contribution < 1.29 is 33.0 Å². The van der Waals surface area contributed by atoms with Crippen molar-refractivity contribution in [3.05, 3.63) is 83.7 Å². The molecule has 34 heavy (non-hydrogen) atoms. The van der Waals surface area contributed by atoms with Crippen molar-refractivity contribution in [3.63, 3.8) is 0 Å². The van der Waals surface area contributed by atoms with E-state index >= 15 is 0 Å². The van der Waals surface area contributed by atoms with Gasteiger partial charge in [0, 0.05) is 5.69 Å². The van der Waals surface area contributed by atoms with Crippen LogP contribution in [0.1, 0.15) is 15.9 Å². The number of carbonyl (C=O) groups excluding carboxylic acids is 3. The van der Waals surface area contributed by atoms with Crippen molar-refractivity contribution in [1.29, 1.82) is 0 Å². The number of esters is 1. The SMILES string of the molecule is COc1ccc(C(=O)Oc2ccc(C=NNC(=O)C(=O)Nc3ccc(F)cc3)cc2OC)cc1. The summed E-state index contributed by atoms with van der Waals surface area (Å²) in [5, 5.41) is 6.04. The molecule has 0 saturated heterocycles. The molecule has 0 unspecified atom stereocenters. The van der Waals surface area contributed by atoms with Gasteiger partial charge in [-0.2, -0.15) is 5.10 Å². The van der Waals surface area contributed by atoms with Crippen molar-refractivity contribution in [2.45, 2.75) is 0 Å². The molecule has 0 aliphatic rings. The molecule has 0 aliphatic heterocycles. The third kappa shape index (κ3) is 6.39. The maximum absolute atomic E-state index is 12.9. The maximum Gasteiger partial charge on any atom is 0.343 e. The van der Waals surface area contributed by atoms with Crippen LogP contribution < -0.4 is 25.0 Å². The predicted octanol–water partition coefficient (Wildman–Crippen LogP) is 3.15. The summed E-state index contributed by atoms with van der Waals surface area (Å²) in [5.41, 5.74) is 3.17. The van der Waals surface area contributed by atoms with E-state index < -0.39 is 23.6 Å². The van der Waals surface area contributed by atoms with Crippen LogP contribution in [0.3, 0.4) is 0 Å². The van der Waals surface area contributed by atoms with Crippen LogP contribution in [-0.2, 0) is 9.59 Å². The number of nitrogens with zero attached hydrogens (tertiary/aromatic N) is 1. The number of halogens is 1. The number of hydrogen-bond acceptors (Lipinski definition) is 7. The lowest BCUT2D eigenvalue weighted by Gasteiger charge is -2.10. The monoisotopic (exact) mass is 465 g/mol. The normalized spacial score (nSPS) is 10.4. The first-order valence-electron chi connectivity index (χ1n) is 9.84. The van der Waals surface area contributed by atoms with E-state index in [0.29, 0.717) is 16.9 Å². The molecule has 3 rings (SSSR count). The van der Waals surface area contributed by atoms with E-state index in [1.54, 1.807) is 30.3 Å². The highest BCUT2D eigenvalue weighted by Crippen LogP contribution is 2.28. The molecule has 2 N–H and O–H groups in total. The summed E-state index contributed by atoms with van der Waals surface area (Å²) in [6.45, 7) is 0. The number of hydrogen-bond donors (Lipinski definition) is 2. The van der Waals surface area contributed by atoms with Gasteiger partial charge in [0.2, 0.25) is 0 Å². The maximum atomic E-state index is 12.9. The van der Waals surface area contributed by atoms with Crippen LogP contribution in [0.15, 0.2) is 71.8 Å². The van der Waals surface area contributed by atoms with Crippen molar-refractivity contribution >= 4 is 29.7 Å². The number of rotatable bonds is 7. The number of benzene rings is 3. The Hall–Kier alpha value is -4.73. The third-order valence-electron chi connectivity index (χ3n) is 4.40. The van der Waals surface area contributed by atoms with Crippen LogP contribution in [0, 0.1) is 5.82 Å². The lowest BCUT2D eigenvalue weighted by atomic mass is 10.2. The molecule has 0 bridgehead atoms. The fourth-order valence-corrected chi connectivity index (χ4v) is 2.67. The lowest BCUT2D eigenvalue weighted by Crippen LogP contribution is -2.32.